The highest BCUT2D eigenvalue weighted by atomic mass is 32.2. The van der Waals surface area contributed by atoms with Crippen molar-refractivity contribution in [2.45, 2.75) is 42.4 Å². The summed E-state index contributed by atoms with van der Waals surface area (Å²) in [5.74, 6) is 0. The van der Waals surface area contributed by atoms with Gasteiger partial charge in [0, 0.05) is 14.1 Å². The molecule has 0 atom stereocenters. The molecule has 2 aromatic rings. The minimum Gasteiger partial charge on any atom is -0.279 e. The van der Waals surface area contributed by atoms with Gasteiger partial charge in [-0.2, -0.15) is 0 Å². The van der Waals surface area contributed by atoms with Crippen LogP contribution in [0.3, 0.4) is 0 Å². The van der Waals surface area contributed by atoms with E-state index in [0.717, 1.165) is 41.1 Å². The average molecular weight is 409 g/mol. The van der Waals surface area contributed by atoms with Crippen LogP contribution >= 0.6 is 0 Å². The first kappa shape index (κ1) is 19.9. The van der Waals surface area contributed by atoms with Gasteiger partial charge in [-0.1, -0.05) is 18.2 Å². The standard InChI is InChI=1S/C19H24N2O4S2/c1-14-11-12-16(27(24,25)21(2)3)13-18(14)20-26(22,23)19-10-6-8-15-7-4-5-9-17(15)19/h6,8,10-13,20H,4-5,7,9H2,1-3H3. The first-order valence-electron chi connectivity index (χ1n) is 8.80. The highest BCUT2D eigenvalue weighted by Crippen LogP contribution is 2.30. The summed E-state index contributed by atoms with van der Waals surface area (Å²) in [4.78, 5) is 0.325. The summed E-state index contributed by atoms with van der Waals surface area (Å²) in [7, 11) is -4.59. The highest BCUT2D eigenvalue weighted by molar-refractivity contribution is 7.92. The summed E-state index contributed by atoms with van der Waals surface area (Å²) in [6.07, 6.45) is 3.65. The van der Waals surface area contributed by atoms with Crippen molar-refractivity contribution in [1.82, 2.24) is 4.31 Å². The number of benzene rings is 2. The molecule has 8 heteroatoms. The molecule has 0 aliphatic heterocycles. The summed E-state index contributed by atoms with van der Waals surface area (Å²) in [5, 5.41) is 0. The summed E-state index contributed by atoms with van der Waals surface area (Å²) in [5.41, 5.74) is 2.86. The number of nitrogens with zero attached hydrogens (tertiary/aromatic N) is 1. The Bertz CT molecular complexity index is 1070. The molecule has 0 saturated heterocycles. The molecular formula is C19H24N2O4S2. The lowest BCUT2D eigenvalue weighted by molar-refractivity contribution is 0.520. The molecule has 3 rings (SSSR count). The number of hydrogen-bond donors (Lipinski definition) is 1. The predicted octanol–water partition coefficient (Wildman–Crippen LogP) is 2.92. The smallest absolute Gasteiger partial charge is 0.262 e. The Morgan fingerprint density at radius 2 is 1.67 bits per heavy atom. The van der Waals surface area contributed by atoms with Crippen molar-refractivity contribution in [3.63, 3.8) is 0 Å². The molecule has 0 spiro atoms. The number of hydrogen-bond acceptors (Lipinski definition) is 4. The Morgan fingerprint density at radius 1 is 0.963 bits per heavy atom. The maximum atomic E-state index is 13.0. The Labute approximate surface area is 161 Å². The van der Waals surface area contributed by atoms with E-state index in [-0.39, 0.29) is 15.5 Å². The number of rotatable bonds is 5. The van der Waals surface area contributed by atoms with Gasteiger partial charge in [0.25, 0.3) is 10.0 Å². The second-order valence-corrected chi connectivity index (χ2v) is 10.8. The molecule has 1 N–H and O–H groups in total. The number of sulfonamides is 2. The second-order valence-electron chi connectivity index (χ2n) is 6.97. The van der Waals surface area contributed by atoms with E-state index in [1.165, 1.54) is 26.2 Å². The Balaban J connectivity index is 2.03. The third-order valence-corrected chi connectivity index (χ3v) is 8.14. The minimum atomic E-state index is -3.82. The molecule has 0 amide bonds. The van der Waals surface area contributed by atoms with Crippen LogP contribution in [-0.4, -0.2) is 35.2 Å². The third kappa shape index (κ3) is 3.88. The van der Waals surface area contributed by atoms with Crippen LogP contribution < -0.4 is 4.72 Å². The molecule has 1 aliphatic carbocycles. The minimum absolute atomic E-state index is 0.0471. The van der Waals surface area contributed by atoms with Crippen LogP contribution in [0, 0.1) is 6.92 Å². The highest BCUT2D eigenvalue weighted by Gasteiger charge is 2.24. The van der Waals surface area contributed by atoms with Crippen LogP contribution in [0.1, 0.15) is 29.5 Å². The maximum Gasteiger partial charge on any atom is 0.262 e. The van der Waals surface area contributed by atoms with Gasteiger partial charge in [-0.3, -0.25) is 4.72 Å². The van der Waals surface area contributed by atoms with E-state index in [4.69, 9.17) is 0 Å². The average Bonchev–Trinajstić information content (AvgIpc) is 2.62. The summed E-state index contributed by atoms with van der Waals surface area (Å²) in [6, 6.07) is 9.81. The molecular weight excluding hydrogens is 384 g/mol. The lowest BCUT2D eigenvalue weighted by Crippen LogP contribution is -2.23. The predicted molar refractivity (Wildman–Crippen MR) is 106 cm³/mol. The van der Waals surface area contributed by atoms with Gasteiger partial charge in [-0.25, -0.2) is 21.1 Å². The number of aryl methyl sites for hydroxylation is 2. The number of anilines is 1. The van der Waals surface area contributed by atoms with E-state index in [0.29, 0.717) is 5.56 Å². The van der Waals surface area contributed by atoms with Crippen molar-refractivity contribution in [3.05, 3.63) is 53.1 Å². The van der Waals surface area contributed by atoms with Crippen molar-refractivity contribution in [1.29, 1.82) is 0 Å². The van der Waals surface area contributed by atoms with Crippen molar-refractivity contribution < 1.29 is 16.8 Å². The molecule has 6 nitrogen and oxygen atoms in total. The molecule has 0 unspecified atom stereocenters. The van der Waals surface area contributed by atoms with Crippen LogP contribution in [0.4, 0.5) is 5.69 Å². The topological polar surface area (TPSA) is 83.6 Å². The van der Waals surface area contributed by atoms with Crippen LogP contribution in [0.15, 0.2) is 46.2 Å². The molecule has 0 fully saturated rings. The maximum absolute atomic E-state index is 13.0. The van der Waals surface area contributed by atoms with Gasteiger partial charge in [0.1, 0.15) is 0 Å². The normalized spacial score (nSPS) is 14.8. The summed E-state index contributed by atoms with van der Waals surface area (Å²) in [6.45, 7) is 1.74. The molecule has 0 aromatic heterocycles. The zero-order valence-electron chi connectivity index (χ0n) is 15.7. The van der Waals surface area contributed by atoms with Gasteiger partial charge in [0.2, 0.25) is 10.0 Å². The first-order chi connectivity index (χ1) is 12.6. The molecule has 0 heterocycles. The molecule has 0 radical (unpaired) electrons. The van der Waals surface area contributed by atoms with Crippen LogP contribution in [0.2, 0.25) is 0 Å². The Kier molecular flexibility index (Phi) is 5.33. The van der Waals surface area contributed by atoms with Gasteiger partial charge in [-0.15, -0.1) is 0 Å². The van der Waals surface area contributed by atoms with Gasteiger partial charge < -0.3 is 0 Å². The van der Waals surface area contributed by atoms with E-state index in [1.807, 2.05) is 6.07 Å². The molecule has 0 saturated carbocycles. The molecule has 2 aromatic carbocycles. The number of nitrogens with one attached hydrogen (secondary N) is 1. The van der Waals surface area contributed by atoms with Crippen molar-refractivity contribution in [3.8, 4) is 0 Å². The van der Waals surface area contributed by atoms with Crippen LogP contribution in [-0.2, 0) is 32.9 Å². The fourth-order valence-electron chi connectivity index (χ4n) is 3.28. The molecule has 0 bridgehead atoms. The van der Waals surface area contributed by atoms with E-state index < -0.39 is 20.0 Å². The Morgan fingerprint density at radius 3 is 2.37 bits per heavy atom. The monoisotopic (exact) mass is 408 g/mol. The lowest BCUT2D eigenvalue weighted by atomic mass is 9.92. The van der Waals surface area contributed by atoms with Gasteiger partial charge in [0.15, 0.2) is 0 Å². The van der Waals surface area contributed by atoms with Gasteiger partial charge >= 0.3 is 0 Å². The number of fused-ring (bicyclic) bond motifs is 1. The molecule has 146 valence electrons. The SMILES string of the molecule is Cc1ccc(S(=O)(=O)N(C)C)cc1NS(=O)(=O)c1cccc2c1CCCC2. The lowest BCUT2D eigenvalue weighted by Gasteiger charge is -2.20. The van der Waals surface area contributed by atoms with E-state index in [9.17, 15) is 16.8 Å². The van der Waals surface area contributed by atoms with Crippen LogP contribution in [0.5, 0.6) is 0 Å². The Hall–Kier alpha value is -1.90. The first-order valence-corrected chi connectivity index (χ1v) is 11.7. The van der Waals surface area contributed by atoms with Crippen molar-refractivity contribution in [2.75, 3.05) is 18.8 Å². The largest absolute Gasteiger partial charge is 0.279 e. The second kappa shape index (κ2) is 7.26. The van der Waals surface area contributed by atoms with E-state index >= 15 is 0 Å². The third-order valence-electron chi connectivity index (χ3n) is 4.87. The van der Waals surface area contributed by atoms with E-state index in [2.05, 4.69) is 4.72 Å². The van der Waals surface area contributed by atoms with Crippen LogP contribution in [0.25, 0.3) is 0 Å². The molecule has 1 aliphatic rings. The fourth-order valence-corrected chi connectivity index (χ4v) is 5.64. The van der Waals surface area contributed by atoms with Gasteiger partial charge in [-0.05, 0) is 67.5 Å². The van der Waals surface area contributed by atoms with Crippen molar-refractivity contribution in [2.24, 2.45) is 0 Å². The quantitative estimate of drug-likeness (QED) is 0.824. The zero-order chi connectivity index (χ0) is 19.8. The fraction of sp³-hybridized carbons (Fsp3) is 0.368. The molecule has 27 heavy (non-hydrogen) atoms. The zero-order valence-corrected chi connectivity index (χ0v) is 17.3. The van der Waals surface area contributed by atoms with E-state index in [1.54, 1.807) is 25.1 Å². The summed E-state index contributed by atoms with van der Waals surface area (Å²) >= 11 is 0. The van der Waals surface area contributed by atoms with Crippen molar-refractivity contribution >= 4 is 25.7 Å². The summed E-state index contributed by atoms with van der Waals surface area (Å²) < 4.78 is 54.5. The van der Waals surface area contributed by atoms with Gasteiger partial charge in [0.05, 0.1) is 15.5 Å².